The van der Waals surface area contributed by atoms with E-state index in [0.29, 0.717) is 18.0 Å². The Bertz CT molecular complexity index is 1120. The molecule has 3 aromatic rings. The van der Waals surface area contributed by atoms with Crippen molar-refractivity contribution in [3.63, 3.8) is 0 Å². The van der Waals surface area contributed by atoms with Gasteiger partial charge in [-0.2, -0.15) is 4.98 Å². The van der Waals surface area contributed by atoms with Gasteiger partial charge in [-0.15, -0.1) is 5.10 Å². The van der Waals surface area contributed by atoms with Crippen LogP contribution in [0.15, 0.2) is 42.7 Å². The van der Waals surface area contributed by atoms with Gasteiger partial charge in [0.15, 0.2) is 0 Å². The lowest BCUT2D eigenvalue weighted by Crippen LogP contribution is -2.53. The van der Waals surface area contributed by atoms with E-state index in [1.165, 1.54) is 28.8 Å². The number of rotatable bonds is 5. The lowest BCUT2D eigenvalue weighted by atomic mass is 10.00. The molecule has 0 saturated carbocycles. The van der Waals surface area contributed by atoms with E-state index in [0.717, 1.165) is 63.0 Å². The van der Waals surface area contributed by atoms with Gasteiger partial charge >= 0.3 is 0 Å². The smallest absolute Gasteiger partial charge is 0.246 e. The van der Waals surface area contributed by atoms with Gasteiger partial charge < -0.3 is 15.0 Å². The van der Waals surface area contributed by atoms with Crippen molar-refractivity contribution in [3.8, 4) is 5.69 Å². The quantitative estimate of drug-likeness (QED) is 0.603. The number of anilines is 3. The molecule has 1 atom stereocenters. The zero-order chi connectivity index (χ0) is 23.7. The predicted octanol–water partition coefficient (Wildman–Crippen LogP) is 4.29. The normalized spacial score (nSPS) is 20.0. The van der Waals surface area contributed by atoms with E-state index in [1.54, 1.807) is 0 Å². The van der Waals surface area contributed by atoms with Crippen molar-refractivity contribution in [3.05, 3.63) is 59.9 Å². The second kappa shape index (κ2) is 9.68. The molecule has 0 bridgehead atoms. The number of piperidine rings is 1. The molecule has 0 spiro atoms. The molecule has 2 aromatic carbocycles. The van der Waals surface area contributed by atoms with Crippen LogP contribution in [0.3, 0.4) is 0 Å². The van der Waals surface area contributed by atoms with Crippen LogP contribution in [-0.4, -0.2) is 64.6 Å². The van der Waals surface area contributed by atoms with Crippen LogP contribution in [0.4, 0.5) is 26.1 Å². The van der Waals surface area contributed by atoms with Crippen LogP contribution in [-0.2, 0) is 4.74 Å². The van der Waals surface area contributed by atoms with E-state index in [1.807, 2.05) is 6.07 Å². The minimum atomic E-state index is -0.657. The van der Waals surface area contributed by atoms with Gasteiger partial charge in [-0.3, -0.25) is 4.90 Å². The van der Waals surface area contributed by atoms with E-state index in [-0.39, 0.29) is 5.69 Å². The largest absolute Gasteiger partial charge is 0.379 e. The summed E-state index contributed by atoms with van der Waals surface area (Å²) in [6.07, 6.45) is 3.71. The molecule has 7 nitrogen and oxygen atoms in total. The summed E-state index contributed by atoms with van der Waals surface area (Å²) in [4.78, 5) is 9.29. The number of morpholine rings is 1. The first-order valence-corrected chi connectivity index (χ1v) is 11.8. The average molecular weight is 469 g/mol. The fraction of sp³-hybridized carbons (Fsp3) is 0.440. The molecule has 9 heteroatoms. The van der Waals surface area contributed by atoms with E-state index in [9.17, 15) is 8.78 Å². The molecule has 2 fully saturated rings. The van der Waals surface area contributed by atoms with Crippen molar-refractivity contribution in [2.75, 3.05) is 43.1 Å². The molecule has 1 aromatic heterocycles. The Morgan fingerprint density at radius 3 is 2.47 bits per heavy atom. The number of halogens is 2. The van der Waals surface area contributed by atoms with Crippen molar-refractivity contribution in [2.24, 2.45) is 0 Å². The average Bonchev–Trinajstić information content (AvgIpc) is 3.27. The second-order valence-electron chi connectivity index (χ2n) is 9.20. The van der Waals surface area contributed by atoms with Gasteiger partial charge in [-0.1, -0.05) is 0 Å². The van der Waals surface area contributed by atoms with E-state index in [2.05, 4.69) is 51.2 Å². The fourth-order valence-electron chi connectivity index (χ4n) is 5.00. The lowest BCUT2D eigenvalue weighted by molar-refractivity contribution is -0.0265. The summed E-state index contributed by atoms with van der Waals surface area (Å²) in [7, 11) is 0. The Kier molecular flexibility index (Phi) is 6.47. The number of benzene rings is 2. The second-order valence-corrected chi connectivity index (χ2v) is 9.20. The first-order valence-electron chi connectivity index (χ1n) is 11.8. The maximum absolute atomic E-state index is 13.6. The highest BCUT2D eigenvalue weighted by Gasteiger charge is 2.29. The first kappa shape index (κ1) is 22.7. The number of aromatic nitrogens is 3. The highest BCUT2D eigenvalue weighted by Crippen LogP contribution is 2.29. The SMILES string of the molecule is Cc1cc(Nc2ncn(-c3cc(F)cc(F)c3)n2)cc(N2CCC(N3CCOCC3C)CC2)c1. The number of nitrogens with zero attached hydrogens (tertiary/aromatic N) is 5. The Labute approximate surface area is 198 Å². The van der Waals surface area contributed by atoms with Crippen LogP contribution >= 0.6 is 0 Å². The van der Waals surface area contributed by atoms with Gasteiger partial charge in [-0.25, -0.2) is 13.5 Å². The molecule has 0 aliphatic carbocycles. The summed E-state index contributed by atoms with van der Waals surface area (Å²) in [6.45, 7) is 9.01. The number of aryl methyl sites for hydroxylation is 1. The van der Waals surface area contributed by atoms with Crippen LogP contribution in [0.1, 0.15) is 25.3 Å². The van der Waals surface area contributed by atoms with Crippen molar-refractivity contribution < 1.29 is 13.5 Å². The standard InChI is InChI=1S/C25H30F2N6O/c1-17-9-21(29-25-28-16-33(30-25)24-12-19(26)11-20(27)13-24)14-23(10-17)31-5-3-22(4-6-31)32-7-8-34-15-18(32)2/h9-14,16,18,22H,3-8,15H2,1-2H3,(H,29,30). The molecule has 1 unspecified atom stereocenters. The van der Waals surface area contributed by atoms with Crippen LogP contribution in [0.5, 0.6) is 0 Å². The minimum absolute atomic E-state index is 0.278. The summed E-state index contributed by atoms with van der Waals surface area (Å²) >= 11 is 0. The topological polar surface area (TPSA) is 58.5 Å². The van der Waals surface area contributed by atoms with Crippen LogP contribution in [0, 0.1) is 18.6 Å². The third-order valence-corrected chi connectivity index (χ3v) is 6.64. The third kappa shape index (κ3) is 5.05. The molecule has 1 N–H and O–H groups in total. The monoisotopic (exact) mass is 468 g/mol. The van der Waals surface area contributed by atoms with Gasteiger partial charge in [0.2, 0.25) is 5.95 Å². The minimum Gasteiger partial charge on any atom is -0.379 e. The van der Waals surface area contributed by atoms with Gasteiger partial charge in [0.05, 0.1) is 18.9 Å². The lowest BCUT2D eigenvalue weighted by Gasteiger charge is -2.44. The Hall–Kier alpha value is -3.04. The fourth-order valence-corrected chi connectivity index (χ4v) is 5.00. The van der Waals surface area contributed by atoms with Crippen molar-refractivity contribution in [1.82, 2.24) is 19.7 Å². The molecule has 0 radical (unpaired) electrons. The molecule has 180 valence electrons. The van der Waals surface area contributed by atoms with Gasteiger partial charge in [0, 0.05) is 49.2 Å². The highest BCUT2D eigenvalue weighted by atomic mass is 19.1. The summed E-state index contributed by atoms with van der Waals surface area (Å²) in [5.74, 6) is -0.952. The maximum atomic E-state index is 13.6. The Morgan fingerprint density at radius 1 is 0.971 bits per heavy atom. The number of hydrogen-bond donors (Lipinski definition) is 1. The molecule has 2 aliphatic rings. The first-order chi connectivity index (χ1) is 16.4. The number of ether oxygens (including phenoxy) is 1. The molecule has 34 heavy (non-hydrogen) atoms. The van der Waals surface area contributed by atoms with E-state index < -0.39 is 11.6 Å². The molecule has 2 saturated heterocycles. The molecule has 2 aliphatic heterocycles. The third-order valence-electron chi connectivity index (χ3n) is 6.64. The van der Waals surface area contributed by atoms with Crippen molar-refractivity contribution >= 4 is 17.3 Å². The summed E-state index contributed by atoms with van der Waals surface area (Å²) < 4.78 is 34.1. The van der Waals surface area contributed by atoms with Gasteiger partial charge in [0.1, 0.15) is 18.0 Å². The van der Waals surface area contributed by atoms with E-state index in [4.69, 9.17) is 4.74 Å². The predicted molar refractivity (Wildman–Crippen MR) is 128 cm³/mol. The highest BCUT2D eigenvalue weighted by molar-refractivity contribution is 5.64. The van der Waals surface area contributed by atoms with Gasteiger partial charge in [0.25, 0.3) is 0 Å². The zero-order valence-corrected chi connectivity index (χ0v) is 19.5. The molecule has 5 rings (SSSR count). The molecular weight excluding hydrogens is 438 g/mol. The Morgan fingerprint density at radius 2 is 1.74 bits per heavy atom. The zero-order valence-electron chi connectivity index (χ0n) is 19.5. The molecule has 0 amide bonds. The van der Waals surface area contributed by atoms with E-state index >= 15 is 0 Å². The maximum Gasteiger partial charge on any atom is 0.246 e. The van der Waals surface area contributed by atoms with Crippen LogP contribution < -0.4 is 10.2 Å². The number of nitrogens with one attached hydrogen (secondary N) is 1. The summed E-state index contributed by atoms with van der Waals surface area (Å²) in [6, 6.07) is 10.7. The number of hydrogen-bond acceptors (Lipinski definition) is 6. The molecular formula is C25H30F2N6O. The van der Waals surface area contributed by atoms with Crippen LogP contribution in [0.25, 0.3) is 5.69 Å². The Balaban J connectivity index is 1.26. The molecule has 3 heterocycles. The van der Waals surface area contributed by atoms with Crippen molar-refractivity contribution in [1.29, 1.82) is 0 Å². The van der Waals surface area contributed by atoms with Gasteiger partial charge in [-0.05, 0) is 62.6 Å². The van der Waals surface area contributed by atoms with Crippen molar-refractivity contribution in [2.45, 2.75) is 38.8 Å². The summed E-state index contributed by atoms with van der Waals surface area (Å²) in [5.41, 5.74) is 3.46. The van der Waals surface area contributed by atoms with Crippen LogP contribution in [0.2, 0.25) is 0 Å². The summed E-state index contributed by atoms with van der Waals surface area (Å²) in [5, 5.41) is 7.56.